The van der Waals surface area contributed by atoms with Gasteiger partial charge in [-0.15, -0.1) is 0 Å². The van der Waals surface area contributed by atoms with E-state index >= 15 is 0 Å². The van der Waals surface area contributed by atoms with Gasteiger partial charge >= 0.3 is 0 Å². The molecule has 0 saturated carbocycles. The number of hydrogen-bond acceptors (Lipinski definition) is 7. The largest absolute Gasteiger partial charge is 0.389 e. The SMILES string of the molecule is Cc1noc(C)c1CNC1C2COC(O2)C(n2cnc3ccccc32)C1O. The van der Waals surface area contributed by atoms with E-state index in [0.29, 0.717) is 13.2 Å². The zero-order valence-corrected chi connectivity index (χ0v) is 15.2. The topological polar surface area (TPSA) is 94.6 Å². The third-order valence-electron chi connectivity index (χ3n) is 5.63. The molecule has 5 unspecified atom stereocenters. The fourth-order valence-electron chi connectivity index (χ4n) is 4.14. The Hall–Kier alpha value is -2.26. The Labute approximate surface area is 156 Å². The van der Waals surface area contributed by atoms with Gasteiger partial charge in [-0.3, -0.25) is 0 Å². The zero-order chi connectivity index (χ0) is 18.5. The van der Waals surface area contributed by atoms with E-state index in [4.69, 9.17) is 14.0 Å². The lowest BCUT2D eigenvalue weighted by molar-refractivity contribution is -0.164. The summed E-state index contributed by atoms with van der Waals surface area (Å²) < 4.78 is 19.1. The fourth-order valence-corrected chi connectivity index (χ4v) is 4.14. The summed E-state index contributed by atoms with van der Waals surface area (Å²) in [5, 5.41) is 18.6. The zero-order valence-electron chi connectivity index (χ0n) is 15.2. The van der Waals surface area contributed by atoms with E-state index in [0.717, 1.165) is 28.1 Å². The van der Waals surface area contributed by atoms with Crippen LogP contribution in [0.5, 0.6) is 0 Å². The molecular weight excluding hydrogens is 348 g/mol. The van der Waals surface area contributed by atoms with Crippen LogP contribution < -0.4 is 5.32 Å². The fraction of sp³-hybridized carbons (Fsp3) is 0.474. The van der Waals surface area contributed by atoms with E-state index in [1.807, 2.05) is 42.7 Å². The van der Waals surface area contributed by atoms with Crippen LogP contribution in [-0.4, -0.2) is 51.0 Å². The summed E-state index contributed by atoms with van der Waals surface area (Å²) in [5.41, 5.74) is 3.69. The van der Waals surface area contributed by atoms with E-state index in [1.165, 1.54) is 0 Å². The van der Waals surface area contributed by atoms with Crippen molar-refractivity contribution in [3.63, 3.8) is 0 Å². The monoisotopic (exact) mass is 370 g/mol. The van der Waals surface area contributed by atoms with E-state index in [-0.39, 0.29) is 18.2 Å². The molecule has 2 aliphatic rings. The normalized spacial score (nSPS) is 30.3. The van der Waals surface area contributed by atoms with Crippen molar-refractivity contribution in [3.05, 3.63) is 47.6 Å². The number of aliphatic hydroxyl groups excluding tert-OH is 1. The van der Waals surface area contributed by atoms with Crippen molar-refractivity contribution < 1.29 is 19.1 Å². The summed E-state index contributed by atoms with van der Waals surface area (Å²) in [6.45, 7) is 4.80. The van der Waals surface area contributed by atoms with Gasteiger partial charge in [-0.1, -0.05) is 17.3 Å². The first-order valence-electron chi connectivity index (χ1n) is 9.15. The van der Waals surface area contributed by atoms with Crippen molar-refractivity contribution in [2.45, 2.75) is 51.0 Å². The van der Waals surface area contributed by atoms with Crippen LogP contribution in [0.25, 0.3) is 11.0 Å². The molecule has 2 N–H and O–H groups in total. The maximum Gasteiger partial charge on any atom is 0.181 e. The Bertz CT molecular complexity index is 948. The number of hydrogen-bond donors (Lipinski definition) is 2. The van der Waals surface area contributed by atoms with Crippen LogP contribution in [0, 0.1) is 13.8 Å². The molecule has 5 rings (SSSR count). The molecule has 2 fully saturated rings. The van der Waals surface area contributed by atoms with E-state index in [9.17, 15) is 5.11 Å². The van der Waals surface area contributed by atoms with Gasteiger partial charge in [0.15, 0.2) is 6.29 Å². The lowest BCUT2D eigenvalue weighted by Gasteiger charge is -2.39. The predicted molar refractivity (Wildman–Crippen MR) is 96.0 cm³/mol. The number of nitrogens with zero attached hydrogens (tertiary/aromatic N) is 3. The number of para-hydroxylation sites is 2. The summed E-state index contributed by atoms with van der Waals surface area (Å²) in [4.78, 5) is 4.45. The molecule has 8 heteroatoms. The highest BCUT2D eigenvalue weighted by atomic mass is 16.7. The molecule has 3 aromatic rings. The van der Waals surface area contributed by atoms with Crippen molar-refractivity contribution in [3.8, 4) is 0 Å². The minimum atomic E-state index is -0.686. The second-order valence-corrected chi connectivity index (χ2v) is 7.21. The van der Waals surface area contributed by atoms with E-state index in [2.05, 4.69) is 15.5 Å². The Kier molecular flexibility index (Phi) is 4.01. The molecule has 2 aromatic heterocycles. The van der Waals surface area contributed by atoms with Crippen LogP contribution in [0.15, 0.2) is 35.1 Å². The number of fused-ring (bicyclic) bond motifs is 3. The minimum Gasteiger partial charge on any atom is -0.389 e. The van der Waals surface area contributed by atoms with Gasteiger partial charge < -0.3 is 29.0 Å². The van der Waals surface area contributed by atoms with Crippen LogP contribution in [-0.2, 0) is 16.0 Å². The number of ether oxygens (including phenoxy) is 2. The Morgan fingerprint density at radius 3 is 2.96 bits per heavy atom. The van der Waals surface area contributed by atoms with Gasteiger partial charge in [-0.05, 0) is 26.0 Å². The number of nitrogens with one attached hydrogen (secondary N) is 1. The van der Waals surface area contributed by atoms with Gasteiger partial charge in [0.2, 0.25) is 0 Å². The third-order valence-corrected chi connectivity index (χ3v) is 5.63. The molecule has 5 atom stereocenters. The highest BCUT2D eigenvalue weighted by Crippen LogP contribution is 2.37. The van der Waals surface area contributed by atoms with Crippen molar-refractivity contribution >= 4 is 11.0 Å². The molecule has 142 valence electrons. The smallest absolute Gasteiger partial charge is 0.181 e. The number of aromatic nitrogens is 3. The molecule has 2 aliphatic heterocycles. The summed E-state index contributed by atoms with van der Waals surface area (Å²) in [7, 11) is 0. The number of benzene rings is 1. The quantitative estimate of drug-likeness (QED) is 0.718. The Morgan fingerprint density at radius 1 is 1.30 bits per heavy atom. The second-order valence-electron chi connectivity index (χ2n) is 7.21. The summed E-state index contributed by atoms with van der Waals surface area (Å²) >= 11 is 0. The van der Waals surface area contributed by atoms with Crippen LogP contribution in [0.2, 0.25) is 0 Å². The van der Waals surface area contributed by atoms with E-state index in [1.54, 1.807) is 6.33 Å². The van der Waals surface area contributed by atoms with Gasteiger partial charge in [0.1, 0.15) is 17.9 Å². The predicted octanol–water partition coefficient (Wildman–Crippen LogP) is 1.46. The van der Waals surface area contributed by atoms with Gasteiger partial charge in [0, 0.05) is 12.1 Å². The average molecular weight is 370 g/mol. The van der Waals surface area contributed by atoms with Gasteiger partial charge in [0.05, 0.1) is 41.8 Å². The molecule has 0 amide bonds. The van der Waals surface area contributed by atoms with Crippen molar-refractivity contribution in [2.24, 2.45) is 0 Å². The first kappa shape index (κ1) is 16.9. The first-order chi connectivity index (χ1) is 13.1. The Balaban J connectivity index is 1.44. The van der Waals surface area contributed by atoms with Crippen LogP contribution in [0.3, 0.4) is 0 Å². The standard InChI is InChI=1S/C19H22N4O4/c1-10-12(11(2)27-22-10)7-20-16-15-8-25-19(26-15)17(18(16)24)23-9-21-13-5-3-4-6-14(13)23/h3-6,9,15-20,24H,7-8H2,1-2H3. The molecule has 2 bridgehead atoms. The van der Waals surface area contributed by atoms with Crippen LogP contribution in [0.4, 0.5) is 0 Å². The minimum absolute atomic E-state index is 0.198. The van der Waals surface area contributed by atoms with Gasteiger partial charge in [-0.25, -0.2) is 4.98 Å². The number of imidazole rings is 1. The number of aryl methyl sites for hydroxylation is 2. The molecule has 4 heterocycles. The van der Waals surface area contributed by atoms with Crippen molar-refractivity contribution in [1.82, 2.24) is 20.0 Å². The maximum absolute atomic E-state index is 11.2. The molecule has 0 radical (unpaired) electrons. The molecular formula is C19H22N4O4. The van der Waals surface area contributed by atoms with Gasteiger partial charge in [-0.2, -0.15) is 0 Å². The molecule has 0 spiro atoms. The highest BCUT2D eigenvalue weighted by molar-refractivity contribution is 5.75. The van der Waals surface area contributed by atoms with Crippen LogP contribution >= 0.6 is 0 Å². The molecule has 27 heavy (non-hydrogen) atoms. The highest BCUT2D eigenvalue weighted by Gasteiger charge is 2.51. The van der Waals surface area contributed by atoms with Crippen LogP contribution in [0.1, 0.15) is 23.1 Å². The second kappa shape index (κ2) is 6.42. The summed E-state index contributed by atoms with van der Waals surface area (Å²) in [6.07, 6.45) is 0.375. The molecule has 8 nitrogen and oxygen atoms in total. The number of aliphatic hydroxyl groups is 1. The lowest BCUT2D eigenvalue weighted by atomic mass is 9.95. The average Bonchev–Trinajstić information content (AvgIpc) is 3.36. The molecule has 2 saturated heterocycles. The third kappa shape index (κ3) is 2.68. The molecule has 0 aliphatic carbocycles. The number of rotatable bonds is 4. The maximum atomic E-state index is 11.2. The van der Waals surface area contributed by atoms with Gasteiger partial charge in [0.25, 0.3) is 0 Å². The molecule has 1 aromatic carbocycles. The van der Waals surface area contributed by atoms with Crippen molar-refractivity contribution in [2.75, 3.05) is 6.61 Å². The van der Waals surface area contributed by atoms with Crippen molar-refractivity contribution in [1.29, 1.82) is 0 Å². The summed E-state index contributed by atoms with van der Waals surface area (Å²) in [5.74, 6) is 0.781. The Morgan fingerprint density at radius 2 is 2.15 bits per heavy atom. The lowest BCUT2D eigenvalue weighted by Crippen LogP contribution is -2.57. The first-order valence-corrected chi connectivity index (χ1v) is 9.15. The van der Waals surface area contributed by atoms with E-state index < -0.39 is 12.4 Å². The summed E-state index contributed by atoms with van der Waals surface area (Å²) in [6, 6.07) is 7.20.